The Kier molecular flexibility index (Phi) is 7.21. The van der Waals surface area contributed by atoms with Crippen LogP contribution in [0, 0.1) is 6.92 Å². The predicted octanol–water partition coefficient (Wildman–Crippen LogP) is 4.36. The number of aromatic nitrogens is 5. The lowest BCUT2D eigenvalue weighted by Crippen LogP contribution is -2.45. The lowest BCUT2D eigenvalue weighted by atomic mass is 10.00. The van der Waals surface area contributed by atoms with E-state index in [9.17, 15) is 4.79 Å². The summed E-state index contributed by atoms with van der Waals surface area (Å²) < 4.78 is 9.96. The molecule has 2 fully saturated rings. The Hall–Kier alpha value is -4.08. The minimum Gasteiger partial charge on any atom is -0.492 e. The Bertz CT molecular complexity index is 1740. The smallest absolute Gasteiger partial charge is 0.185 e. The number of aryl methyl sites for hydroxylation is 1. The molecule has 0 N–H and O–H groups in total. The molecule has 1 saturated heterocycles. The summed E-state index contributed by atoms with van der Waals surface area (Å²) in [6.07, 6.45) is 6.15. The third kappa shape index (κ3) is 5.54. The van der Waals surface area contributed by atoms with Crippen LogP contribution in [0.1, 0.15) is 51.9 Å². The van der Waals surface area contributed by atoms with Crippen molar-refractivity contribution in [3.8, 4) is 5.75 Å². The average molecular weight is 564 g/mol. The van der Waals surface area contributed by atoms with E-state index in [-0.39, 0.29) is 5.78 Å². The fourth-order valence-electron chi connectivity index (χ4n) is 5.97. The van der Waals surface area contributed by atoms with E-state index in [1.165, 1.54) is 0 Å². The van der Waals surface area contributed by atoms with Crippen molar-refractivity contribution in [1.29, 1.82) is 0 Å². The van der Waals surface area contributed by atoms with Crippen LogP contribution in [-0.2, 0) is 13.0 Å². The molecule has 1 aliphatic carbocycles. The summed E-state index contributed by atoms with van der Waals surface area (Å²) in [5, 5.41) is 6.17. The summed E-state index contributed by atoms with van der Waals surface area (Å²) in [7, 11) is 2.16. The number of benzene rings is 1. The first kappa shape index (κ1) is 26.8. The van der Waals surface area contributed by atoms with Gasteiger partial charge in [0.05, 0.1) is 29.6 Å². The van der Waals surface area contributed by atoms with Crippen molar-refractivity contribution in [3.05, 3.63) is 89.3 Å². The molecule has 7 rings (SSSR count). The highest BCUT2D eigenvalue weighted by Gasteiger charge is 2.30. The number of hydrogen-bond donors (Lipinski definition) is 0. The van der Waals surface area contributed by atoms with Gasteiger partial charge in [-0.3, -0.25) is 23.8 Å². The SMILES string of the molecule is Cc1cccc(Cn2nc(C3CC3)c3c(CC(=O)c4cnc5cc(OCCN6CCN(C)CC6)ccn45)cccc32)n1. The van der Waals surface area contributed by atoms with Crippen molar-refractivity contribution in [2.75, 3.05) is 46.4 Å². The molecule has 1 saturated carbocycles. The second-order valence-corrected chi connectivity index (χ2v) is 11.7. The molecular weight excluding hydrogens is 526 g/mol. The van der Waals surface area contributed by atoms with Gasteiger partial charge < -0.3 is 9.64 Å². The maximum Gasteiger partial charge on any atom is 0.185 e. The molecule has 0 radical (unpaired) electrons. The molecule has 9 nitrogen and oxygen atoms in total. The summed E-state index contributed by atoms with van der Waals surface area (Å²) in [5.74, 6) is 1.27. The topological polar surface area (TPSA) is 80.8 Å². The Morgan fingerprint density at radius 3 is 2.69 bits per heavy atom. The van der Waals surface area contributed by atoms with Crippen LogP contribution in [-0.4, -0.2) is 86.1 Å². The number of ketones is 1. The van der Waals surface area contributed by atoms with Crippen LogP contribution < -0.4 is 4.74 Å². The first-order valence-electron chi connectivity index (χ1n) is 15.0. The second kappa shape index (κ2) is 11.3. The first-order chi connectivity index (χ1) is 20.5. The molecular formula is C33H37N7O2. The lowest BCUT2D eigenvalue weighted by Gasteiger charge is -2.32. The van der Waals surface area contributed by atoms with Crippen molar-refractivity contribution >= 4 is 22.3 Å². The molecule has 0 unspecified atom stereocenters. The van der Waals surface area contributed by atoms with E-state index >= 15 is 0 Å². The van der Waals surface area contributed by atoms with E-state index in [2.05, 4.69) is 43.6 Å². The van der Waals surface area contributed by atoms with Crippen molar-refractivity contribution in [2.45, 2.75) is 38.6 Å². The van der Waals surface area contributed by atoms with E-state index < -0.39 is 0 Å². The number of hydrogen-bond acceptors (Lipinski definition) is 7. The van der Waals surface area contributed by atoms with Gasteiger partial charge in [-0.05, 0) is 56.6 Å². The highest BCUT2D eigenvalue weighted by Crippen LogP contribution is 2.43. The Morgan fingerprint density at radius 2 is 1.88 bits per heavy atom. The molecule has 4 aromatic heterocycles. The molecule has 0 bridgehead atoms. The number of pyridine rings is 2. The molecule has 216 valence electrons. The Labute approximate surface area is 245 Å². The lowest BCUT2D eigenvalue weighted by molar-refractivity contribution is 0.0987. The highest BCUT2D eigenvalue weighted by molar-refractivity contribution is 5.99. The van der Waals surface area contributed by atoms with Crippen LogP contribution in [0.3, 0.4) is 0 Å². The molecule has 1 aromatic carbocycles. The number of likely N-dealkylation sites (N-methyl/N-ethyl adjacent to an activating group) is 1. The normalized spacial score (nSPS) is 16.4. The minimum absolute atomic E-state index is 0.0357. The van der Waals surface area contributed by atoms with E-state index in [0.717, 1.165) is 84.9 Å². The third-order valence-corrected chi connectivity index (χ3v) is 8.51. The average Bonchev–Trinajstić information content (AvgIpc) is 3.64. The number of fused-ring (bicyclic) bond motifs is 2. The maximum atomic E-state index is 13.7. The highest BCUT2D eigenvalue weighted by atomic mass is 16.5. The molecule has 0 amide bonds. The van der Waals surface area contributed by atoms with Crippen molar-refractivity contribution in [1.82, 2.24) is 33.9 Å². The Morgan fingerprint density at radius 1 is 1.05 bits per heavy atom. The van der Waals surface area contributed by atoms with Gasteiger partial charge in [0.15, 0.2) is 5.78 Å². The first-order valence-corrected chi connectivity index (χ1v) is 15.0. The quantitative estimate of drug-likeness (QED) is 0.234. The number of piperazine rings is 1. The van der Waals surface area contributed by atoms with Crippen LogP contribution in [0.2, 0.25) is 0 Å². The Balaban J connectivity index is 1.09. The molecule has 42 heavy (non-hydrogen) atoms. The molecule has 9 heteroatoms. The van der Waals surface area contributed by atoms with Crippen LogP contribution in [0.25, 0.3) is 16.6 Å². The zero-order chi connectivity index (χ0) is 28.6. The molecule has 5 heterocycles. The van der Waals surface area contributed by atoms with Gasteiger partial charge in [-0.2, -0.15) is 5.10 Å². The monoisotopic (exact) mass is 563 g/mol. The van der Waals surface area contributed by atoms with E-state index in [1.54, 1.807) is 6.20 Å². The van der Waals surface area contributed by atoms with Crippen LogP contribution in [0.5, 0.6) is 5.75 Å². The third-order valence-electron chi connectivity index (χ3n) is 8.51. The van der Waals surface area contributed by atoms with Gasteiger partial charge in [0.2, 0.25) is 0 Å². The number of imidazole rings is 1. The van der Waals surface area contributed by atoms with Crippen LogP contribution >= 0.6 is 0 Å². The minimum atomic E-state index is 0.0357. The molecule has 5 aromatic rings. The van der Waals surface area contributed by atoms with Gasteiger partial charge in [0, 0.05) is 68.4 Å². The molecule has 2 aliphatic rings. The van der Waals surface area contributed by atoms with E-state index in [0.29, 0.717) is 36.8 Å². The number of Topliss-reactive ketones (excluding diaryl/α,β-unsaturated/α-hetero) is 1. The number of ether oxygens (including phenoxy) is 1. The van der Waals surface area contributed by atoms with E-state index in [1.807, 2.05) is 53.9 Å². The fourth-order valence-corrected chi connectivity index (χ4v) is 5.97. The van der Waals surface area contributed by atoms with Crippen LogP contribution in [0.4, 0.5) is 0 Å². The fraction of sp³-hybridized carbons (Fsp3) is 0.394. The molecule has 0 spiro atoms. The largest absolute Gasteiger partial charge is 0.492 e. The number of carbonyl (C=O) groups excluding carboxylic acids is 1. The van der Waals surface area contributed by atoms with E-state index in [4.69, 9.17) is 9.84 Å². The molecule has 0 atom stereocenters. The van der Waals surface area contributed by atoms with Crippen molar-refractivity contribution in [3.63, 3.8) is 0 Å². The summed E-state index contributed by atoms with van der Waals surface area (Å²) >= 11 is 0. The summed E-state index contributed by atoms with van der Waals surface area (Å²) in [5.41, 5.74) is 6.45. The number of rotatable bonds is 10. The van der Waals surface area contributed by atoms with Gasteiger partial charge in [-0.15, -0.1) is 0 Å². The van der Waals surface area contributed by atoms with Gasteiger partial charge in [0.25, 0.3) is 0 Å². The summed E-state index contributed by atoms with van der Waals surface area (Å²) in [6.45, 7) is 8.50. The zero-order valence-corrected chi connectivity index (χ0v) is 24.4. The van der Waals surface area contributed by atoms with Gasteiger partial charge in [-0.1, -0.05) is 18.2 Å². The van der Waals surface area contributed by atoms with Crippen LogP contribution in [0.15, 0.2) is 60.9 Å². The predicted molar refractivity (Wildman–Crippen MR) is 162 cm³/mol. The second-order valence-electron chi connectivity index (χ2n) is 11.7. The van der Waals surface area contributed by atoms with Gasteiger partial charge in [0.1, 0.15) is 23.7 Å². The summed E-state index contributed by atoms with van der Waals surface area (Å²) in [6, 6.07) is 16.1. The number of carbonyl (C=O) groups is 1. The standard InChI is InChI=1S/C33H37N7O2/c1-23-5-3-7-26(35-23)22-40-28-8-4-6-25(32(28)33(36-40)24-9-10-24)19-30(41)29-21-34-31-20-27(11-12-39(29)31)42-18-17-38-15-13-37(2)14-16-38/h3-8,11-12,20-21,24H,9-10,13-19,22H2,1-2H3. The van der Waals surface area contributed by atoms with Crippen molar-refractivity contribution < 1.29 is 9.53 Å². The molecule has 1 aliphatic heterocycles. The van der Waals surface area contributed by atoms with Gasteiger partial charge >= 0.3 is 0 Å². The number of nitrogens with zero attached hydrogens (tertiary/aromatic N) is 7. The van der Waals surface area contributed by atoms with Gasteiger partial charge in [-0.25, -0.2) is 4.98 Å². The maximum absolute atomic E-state index is 13.7. The summed E-state index contributed by atoms with van der Waals surface area (Å²) in [4.78, 5) is 27.7. The van der Waals surface area contributed by atoms with Crippen molar-refractivity contribution in [2.24, 2.45) is 0 Å². The zero-order valence-electron chi connectivity index (χ0n) is 24.4.